The smallest absolute Gasteiger partial charge is 0.265 e. The van der Waals surface area contributed by atoms with Gasteiger partial charge in [0.15, 0.2) is 6.61 Å². The predicted molar refractivity (Wildman–Crippen MR) is 88.9 cm³/mol. The van der Waals surface area contributed by atoms with Gasteiger partial charge in [-0.05, 0) is 36.8 Å². The second-order valence-electron chi connectivity index (χ2n) is 5.59. The fraction of sp³-hybridized carbons (Fsp3) is 0.222. The number of halogens is 2. The molecule has 2 amide bonds. The number of fused-ring (bicyclic) bond motifs is 1. The Balaban J connectivity index is 1.86. The van der Waals surface area contributed by atoms with Crippen LogP contribution in [0.25, 0.3) is 0 Å². The molecule has 0 bridgehead atoms. The summed E-state index contributed by atoms with van der Waals surface area (Å²) in [7, 11) is 0. The van der Waals surface area contributed by atoms with Crippen LogP contribution in [0.2, 0.25) is 0 Å². The molecule has 0 aliphatic carbocycles. The molecular weight excluding hydrogens is 330 g/mol. The molecule has 1 heterocycles. The van der Waals surface area contributed by atoms with E-state index in [0.717, 1.165) is 18.6 Å². The number of anilines is 2. The quantitative estimate of drug-likeness (QED) is 0.924. The highest BCUT2D eigenvalue weighted by atomic mass is 19.1. The minimum absolute atomic E-state index is 0.0283. The number of ether oxygens (including phenoxy) is 1. The van der Waals surface area contributed by atoms with Crippen molar-refractivity contribution >= 4 is 23.2 Å². The summed E-state index contributed by atoms with van der Waals surface area (Å²) in [4.78, 5) is 25.8. The molecule has 0 spiro atoms. The third-order valence-corrected chi connectivity index (χ3v) is 3.78. The van der Waals surface area contributed by atoms with Gasteiger partial charge in [-0.25, -0.2) is 8.78 Å². The normalized spacial score (nSPS) is 13.2. The highest BCUT2D eigenvalue weighted by molar-refractivity contribution is 6.05. The molecule has 0 atom stereocenters. The molecule has 25 heavy (non-hydrogen) atoms. The Morgan fingerprint density at radius 1 is 1.24 bits per heavy atom. The van der Waals surface area contributed by atoms with Crippen molar-refractivity contribution in [3.8, 4) is 5.75 Å². The lowest BCUT2D eigenvalue weighted by molar-refractivity contribution is -0.121. The molecule has 0 saturated heterocycles. The summed E-state index contributed by atoms with van der Waals surface area (Å²) in [6.45, 7) is 2.45. The molecule has 3 rings (SSSR count). The highest BCUT2D eigenvalue weighted by Crippen LogP contribution is 2.34. The number of nitrogens with zero attached hydrogens (tertiary/aromatic N) is 1. The van der Waals surface area contributed by atoms with E-state index in [1.54, 1.807) is 23.1 Å². The first-order valence-corrected chi connectivity index (χ1v) is 7.83. The number of rotatable bonds is 4. The van der Waals surface area contributed by atoms with Gasteiger partial charge in [0, 0.05) is 18.3 Å². The van der Waals surface area contributed by atoms with Gasteiger partial charge in [0.25, 0.3) is 11.8 Å². The van der Waals surface area contributed by atoms with E-state index in [1.165, 1.54) is 0 Å². The molecule has 1 aliphatic heterocycles. The maximum atomic E-state index is 13.7. The molecule has 1 N–H and O–H groups in total. The minimum Gasteiger partial charge on any atom is -0.482 e. The summed E-state index contributed by atoms with van der Waals surface area (Å²) in [5.41, 5.74) is 0.666. The fourth-order valence-electron chi connectivity index (χ4n) is 2.62. The van der Waals surface area contributed by atoms with Gasteiger partial charge in [0.2, 0.25) is 0 Å². The van der Waals surface area contributed by atoms with Crippen LogP contribution >= 0.6 is 0 Å². The van der Waals surface area contributed by atoms with Crippen LogP contribution in [-0.4, -0.2) is 25.0 Å². The third-order valence-electron chi connectivity index (χ3n) is 3.78. The number of hydrogen-bond acceptors (Lipinski definition) is 3. The Morgan fingerprint density at radius 3 is 2.76 bits per heavy atom. The zero-order valence-corrected chi connectivity index (χ0v) is 13.5. The molecular formula is C18H16F2N2O3. The van der Waals surface area contributed by atoms with Crippen LogP contribution in [0.3, 0.4) is 0 Å². The van der Waals surface area contributed by atoms with E-state index in [2.05, 4.69) is 5.32 Å². The molecule has 0 unspecified atom stereocenters. The number of hydrogen-bond donors (Lipinski definition) is 1. The summed E-state index contributed by atoms with van der Waals surface area (Å²) in [5.74, 6) is -2.03. The highest BCUT2D eigenvalue weighted by Gasteiger charge is 2.25. The van der Waals surface area contributed by atoms with Crippen molar-refractivity contribution < 1.29 is 23.1 Å². The Labute approximate surface area is 143 Å². The number of nitrogens with one attached hydrogen (secondary N) is 1. The van der Waals surface area contributed by atoms with Gasteiger partial charge in [-0.3, -0.25) is 9.59 Å². The van der Waals surface area contributed by atoms with E-state index in [-0.39, 0.29) is 18.1 Å². The fourth-order valence-corrected chi connectivity index (χ4v) is 2.62. The molecule has 2 aromatic carbocycles. The molecule has 0 aromatic heterocycles. The van der Waals surface area contributed by atoms with Crippen LogP contribution < -0.4 is 15.0 Å². The Kier molecular flexibility index (Phi) is 4.65. The molecule has 5 nitrogen and oxygen atoms in total. The van der Waals surface area contributed by atoms with Crippen molar-refractivity contribution in [3.63, 3.8) is 0 Å². The SMILES string of the molecule is CCCN1C(=O)COc2ccc(NC(=O)c3ccc(F)cc3F)cc21. The van der Waals surface area contributed by atoms with Crippen LogP contribution in [0.1, 0.15) is 23.7 Å². The van der Waals surface area contributed by atoms with Crippen LogP contribution in [0, 0.1) is 11.6 Å². The second kappa shape index (κ2) is 6.88. The van der Waals surface area contributed by atoms with Crippen LogP contribution in [0.15, 0.2) is 36.4 Å². The summed E-state index contributed by atoms with van der Waals surface area (Å²) in [6, 6.07) is 7.58. The van der Waals surface area contributed by atoms with Crippen LogP contribution in [-0.2, 0) is 4.79 Å². The maximum absolute atomic E-state index is 13.7. The van der Waals surface area contributed by atoms with Gasteiger partial charge in [-0.2, -0.15) is 0 Å². The van der Waals surface area contributed by atoms with Gasteiger partial charge < -0.3 is 15.0 Å². The van der Waals surface area contributed by atoms with Gasteiger partial charge in [0.05, 0.1) is 11.3 Å². The molecule has 0 fully saturated rings. The molecule has 0 saturated carbocycles. The summed E-state index contributed by atoms with van der Waals surface area (Å²) < 4.78 is 32.1. The number of carbonyl (C=O) groups is 2. The average Bonchev–Trinajstić information content (AvgIpc) is 2.57. The Morgan fingerprint density at radius 2 is 2.04 bits per heavy atom. The first kappa shape index (κ1) is 16.9. The number of carbonyl (C=O) groups excluding carboxylic acids is 2. The first-order chi connectivity index (χ1) is 12.0. The number of benzene rings is 2. The van der Waals surface area contributed by atoms with Gasteiger partial charge in [-0.1, -0.05) is 6.92 Å². The first-order valence-electron chi connectivity index (χ1n) is 7.83. The van der Waals surface area contributed by atoms with E-state index in [9.17, 15) is 18.4 Å². The Bertz CT molecular complexity index is 839. The van der Waals surface area contributed by atoms with Gasteiger partial charge in [-0.15, -0.1) is 0 Å². The van der Waals surface area contributed by atoms with E-state index in [0.29, 0.717) is 29.7 Å². The topological polar surface area (TPSA) is 58.6 Å². The molecule has 0 radical (unpaired) electrons. The van der Waals surface area contributed by atoms with E-state index < -0.39 is 17.5 Å². The zero-order chi connectivity index (χ0) is 18.0. The van der Waals surface area contributed by atoms with E-state index in [4.69, 9.17) is 4.74 Å². The van der Waals surface area contributed by atoms with Crippen molar-refractivity contribution in [1.29, 1.82) is 0 Å². The lowest BCUT2D eigenvalue weighted by atomic mass is 10.1. The van der Waals surface area contributed by atoms with Crippen molar-refractivity contribution in [2.45, 2.75) is 13.3 Å². The largest absolute Gasteiger partial charge is 0.482 e. The maximum Gasteiger partial charge on any atom is 0.265 e. The third kappa shape index (κ3) is 3.45. The summed E-state index contributed by atoms with van der Waals surface area (Å²) in [6.07, 6.45) is 0.766. The molecule has 2 aromatic rings. The second-order valence-corrected chi connectivity index (χ2v) is 5.59. The van der Waals surface area contributed by atoms with Crippen LogP contribution in [0.5, 0.6) is 5.75 Å². The van der Waals surface area contributed by atoms with Crippen molar-refractivity contribution in [2.24, 2.45) is 0 Å². The van der Waals surface area contributed by atoms with Gasteiger partial charge in [0.1, 0.15) is 17.4 Å². The van der Waals surface area contributed by atoms with Crippen molar-refractivity contribution in [2.75, 3.05) is 23.4 Å². The number of amides is 2. The Hall–Kier alpha value is -2.96. The van der Waals surface area contributed by atoms with E-state index in [1.807, 2.05) is 6.92 Å². The minimum atomic E-state index is -0.943. The van der Waals surface area contributed by atoms with Crippen molar-refractivity contribution in [1.82, 2.24) is 0 Å². The zero-order valence-electron chi connectivity index (χ0n) is 13.5. The molecule has 1 aliphatic rings. The predicted octanol–water partition coefficient (Wildman–Crippen LogP) is 3.35. The standard InChI is InChI=1S/C18H16F2N2O3/c1-2-7-22-15-9-12(4-6-16(15)25-10-17(22)23)21-18(24)13-5-3-11(19)8-14(13)20/h3-6,8-9H,2,7,10H2,1H3,(H,21,24). The monoisotopic (exact) mass is 346 g/mol. The molecule has 7 heteroatoms. The average molecular weight is 346 g/mol. The van der Waals surface area contributed by atoms with Crippen LogP contribution in [0.4, 0.5) is 20.2 Å². The summed E-state index contributed by atoms with van der Waals surface area (Å²) >= 11 is 0. The van der Waals surface area contributed by atoms with Gasteiger partial charge >= 0.3 is 0 Å². The lowest BCUT2D eigenvalue weighted by Crippen LogP contribution is -2.39. The molecule has 130 valence electrons. The van der Waals surface area contributed by atoms with Crippen molar-refractivity contribution in [3.05, 3.63) is 53.6 Å². The summed E-state index contributed by atoms with van der Waals surface area (Å²) in [5, 5.41) is 2.55. The lowest BCUT2D eigenvalue weighted by Gasteiger charge is -2.29. The van der Waals surface area contributed by atoms with E-state index >= 15 is 0 Å².